The molecule has 2 aromatic rings. The van der Waals surface area contributed by atoms with Crippen molar-refractivity contribution < 1.29 is 9.53 Å². The minimum Gasteiger partial charge on any atom is -0.382 e. The molecule has 0 heterocycles. The molecule has 2 aromatic carbocycles. The lowest BCUT2D eigenvalue weighted by Gasteiger charge is -2.20. The predicted octanol–water partition coefficient (Wildman–Crippen LogP) is 4.47. The van der Waals surface area contributed by atoms with Crippen molar-refractivity contribution in [3.05, 3.63) is 70.2 Å². The van der Waals surface area contributed by atoms with Gasteiger partial charge in [0.05, 0.1) is 6.04 Å². The van der Waals surface area contributed by atoms with Gasteiger partial charge in [-0.3, -0.25) is 4.79 Å². The van der Waals surface area contributed by atoms with Gasteiger partial charge in [0.25, 0.3) is 0 Å². The van der Waals surface area contributed by atoms with Gasteiger partial charge in [0, 0.05) is 24.1 Å². The number of amides is 1. The molecule has 0 radical (unpaired) electrons. The summed E-state index contributed by atoms with van der Waals surface area (Å²) in [7, 11) is 0. The maximum atomic E-state index is 12.3. The molecule has 0 saturated carbocycles. The second kappa shape index (κ2) is 9.48. The molecule has 0 saturated heterocycles. The summed E-state index contributed by atoms with van der Waals surface area (Å²) in [6.07, 6.45) is 1.21. The molecule has 2 rings (SSSR count). The van der Waals surface area contributed by atoms with Crippen LogP contribution in [-0.2, 0) is 9.53 Å². The molecule has 1 N–H and O–H groups in total. The number of hydrogen-bond acceptors (Lipinski definition) is 2. The van der Waals surface area contributed by atoms with E-state index in [1.807, 2.05) is 61.5 Å². The lowest BCUT2D eigenvalue weighted by molar-refractivity contribution is -0.121. The molecule has 0 aliphatic heterocycles. The van der Waals surface area contributed by atoms with Crippen molar-refractivity contribution in [2.45, 2.75) is 25.8 Å². The van der Waals surface area contributed by atoms with Crippen LogP contribution in [0.4, 0.5) is 0 Å². The van der Waals surface area contributed by atoms with Gasteiger partial charge in [-0.1, -0.05) is 58.4 Å². The van der Waals surface area contributed by atoms with Crippen LogP contribution in [0.15, 0.2) is 59.1 Å². The smallest absolute Gasteiger partial charge is 0.220 e. The molecule has 23 heavy (non-hydrogen) atoms. The Labute approximate surface area is 146 Å². The van der Waals surface area contributed by atoms with Crippen LogP contribution >= 0.6 is 15.9 Å². The summed E-state index contributed by atoms with van der Waals surface area (Å²) in [6.45, 7) is 3.27. The molecule has 1 unspecified atom stereocenters. The maximum Gasteiger partial charge on any atom is 0.220 e. The normalized spacial score (nSPS) is 11.9. The van der Waals surface area contributed by atoms with Crippen LogP contribution in [0.2, 0.25) is 0 Å². The van der Waals surface area contributed by atoms with Crippen molar-refractivity contribution >= 4 is 21.8 Å². The minimum atomic E-state index is -0.135. The van der Waals surface area contributed by atoms with Gasteiger partial charge in [-0.05, 0) is 36.6 Å². The topological polar surface area (TPSA) is 38.3 Å². The van der Waals surface area contributed by atoms with Gasteiger partial charge >= 0.3 is 0 Å². The molecule has 0 aliphatic carbocycles. The first-order chi connectivity index (χ1) is 11.2. The average Bonchev–Trinajstić information content (AvgIpc) is 2.58. The molecule has 4 heteroatoms. The molecule has 1 amide bonds. The highest BCUT2D eigenvalue weighted by molar-refractivity contribution is 9.10. The van der Waals surface area contributed by atoms with Crippen molar-refractivity contribution in [1.29, 1.82) is 0 Å². The molecule has 0 spiro atoms. The summed E-state index contributed by atoms with van der Waals surface area (Å²) >= 11 is 3.45. The predicted molar refractivity (Wildman–Crippen MR) is 96.3 cm³/mol. The van der Waals surface area contributed by atoms with Crippen molar-refractivity contribution in [2.24, 2.45) is 0 Å². The van der Waals surface area contributed by atoms with Gasteiger partial charge in [0.2, 0.25) is 5.91 Å². The highest BCUT2D eigenvalue weighted by Gasteiger charge is 2.16. The lowest BCUT2D eigenvalue weighted by atomic mass is 9.98. The number of carbonyl (C=O) groups is 1. The standard InChI is InChI=1S/C19H22BrNO2/c1-2-23-14-6-9-18(22)21-19(15-7-4-3-5-8-15)16-10-12-17(20)13-11-16/h3-5,7-8,10-13,19H,2,6,9,14H2,1H3,(H,21,22). The third-order valence-corrected chi connectivity index (χ3v) is 4.07. The molecule has 122 valence electrons. The Morgan fingerprint density at radius 1 is 1.09 bits per heavy atom. The van der Waals surface area contributed by atoms with Crippen LogP contribution in [0.3, 0.4) is 0 Å². The largest absolute Gasteiger partial charge is 0.382 e. The molecule has 0 fully saturated rings. The van der Waals surface area contributed by atoms with E-state index in [0.717, 1.165) is 22.0 Å². The van der Waals surface area contributed by atoms with Gasteiger partial charge in [-0.15, -0.1) is 0 Å². The van der Waals surface area contributed by atoms with Crippen LogP contribution in [-0.4, -0.2) is 19.1 Å². The van der Waals surface area contributed by atoms with E-state index in [0.29, 0.717) is 19.6 Å². The monoisotopic (exact) mass is 375 g/mol. The highest BCUT2D eigenvalue weighted by atomic mass is 79.9. The Balaban J connectivity index is 2.08. The Morgan fingerprint density at radius 2 is 1.74 bits per heavy atom. The second-order valence-corrected chi connectivity index (χ2v) is 6.18. The van der Waals surface area contributed by atoms with Crippen LogP contribution in [0, 0.1) is 0 Å². The SMILES string of the molecule is CCOCCCC(=O)NC(c1ccccc1)c1ccc(Br)cc1. The first kappa shape index (κ1) is 17.7. The minimum absolute atomic E-state index is 0.0430. The molecule has 0 bridgehead atoms. The van der Waals surface area contributed by atoms with E-state index in [1.165, 1.54) is 0 Å². The van der Waals surface area contributed by atoms with Crippen LogP contribution in [0.5, 0.6) is 0 Å². The van der Waals surface area contributed by atoms with Gasteiger partial charge in [-0.2, -0.15) is 0 Å². The van der Waals surface area contributed by atoms with E-state index in [2.05, 4.69) is 21.2 Å². The molecule has 0 aliphatic rings. The average molecular weight is 376 g/mol. The number of hydrogen-bond donors (Lipinski definition) is 1. The van der Waals surface area contributed by atoms with Crippen molar-refractivity contribution in [2.75, 3.05) is 13.2 Å². The summed E-state index contributed by atoms with van der Waals surface area (Å²) in [4.78, 5) is 12.3. The van der Waals surface area contributed by atoms with E-state index >= 15 is 0 Å². The number of carbonyl (C=O) groups excluding carboxylic acids is 1. The van der Waals surface area contributed by atoms with E-state index in [1.54, 1.807) is 0 Å². The molecular weight excluding hydrogens is 354 g/mol. The van der Waals surface area contributed by atoms with Crippen LogP contribution in [0.1, 0.15) is 36.9 Å². The maximum absolute atomic E-state index is 12.3. The third kappa shape index (κ3) is 5.81. The van der Waals surface area contributed by atoms with E-state index < -0.39 is 0 Å². The summed E-state index contributed by atoms with van der Waals surface area (Å²) in [5.41, 5.74) is 2.14. The summed E-state index contributed by atoms with van der Waals surface area (Å²) < 4.78 is 6.31. The second-order valence-electron chi connectivity index (χ2n) is 5.26. The lowest BCUT2D eigenvalue weighted by Crippen LogP contribution is -2.29. The van der Waals surface area contributed by atoms with E-state index in [9.17, 15) is 4.79 Å². The van der Waals surface area contributed by atoms with E-state index in [4.69, 9.17) is 4.74 Å². The van der Waals surface area contributed by atoms with Gasteiger partial charge in [0.15, 0.2) is 0 Å². The fraction of sp³-hybridized carbons (Fsp3) is 0.316. The van der Waals surface area contributed by atoms with Gasteiger partial charge in [-0.25, -0.2) is 0 Å². The highest BCUT2D eigenvalue weighted by Crippen LogP contribution is 2.23. The zero-order chi connectivity index (χ0) is 16.5. The molecule has 0 aromatic heterocycles. The first-order valence-corrected chi connectivity index (χ1v) is 8.67. The summed E-state index contributed by atoms with van der Waals surface area (Å²) in [5.74, 6) is 0.0430. The number of benzene rings is 2. The van der Waals surface area contributed by atoms with Gasteiger partial charge in [0.1, 0.15) is 0 Å². The summed E-state index contributed by atoms with van der Waals surface area (Å²) in [5, 5.41) is 3.14. The summed E-state index contributed by atoms with van der Waals surface area (Å²) in [6, 6.07) is 17.9. The fourth-order valence-electron chi connectivity index (χ4n) is 2.37. The first-order valence-electron chi connectivity index (χ1n) is 7.88. The van der Waals surface area contributed by atoms with Crippen LogP contribution < -0.4 is 5.32 Å². The fourth-order valence-corrected chi connectivity index (χ4v) is 2.64. The zero-order valence-corrected chi connectivity index (χ0v) is 14.9. The van der Waals surface area contributed by atoms with Crippen molar-refractivity contribution in [3.8, 4) is 0 Å². The van der Waals surface area contributed by atoms with Crippen LogP contribution in [0.25, 0.3) is 0 Å². The number of nitrogens with one attached hydrogen (secondary N) is 1. The number of rotatable bonds is 8. The molecule has 3 nitrogen and oxygen atoms in total. The Bertz CT molecular complexity index is 599. The number of halogens is 1. The Kier molecular flexibility index (Phi) is 7.30. The third-order valence-electron chi connectivity index (χ3n) is 3.54. The van der Waals surface area contributed by atoms with Gasteiger partial charge < -0.3 is 10.1 Å². The Morgan fingerprint density at radius 3 is 2.39 bits per heavy atom. The van der Waals surface area contributed by atoms with Crippen molar-refractivity contribution in [1.82, 2.24) is 5.32 Å². The molecule has 1 atom stereocenters. The Hall–Kier alpha value is -1.65. The molecular formula is C19H22BrNO2. The van der Waals surface area contributed by atoms with E-state index in [-0.39, 0.29) is 11.9 Å². The zero-order valence-electron chi connectivity index (χ0n) is 13.3. The van der Waals surface area contributed by atoms with Crippen molar-refractivity contribution in [3.63, 3.8) is 0 Å². The number of ether oxygens (including phenoxy) is 1. The quantitative estimate of drug-likeness (QED) is 0.691.